The smallest absolute Gasteiger partial charge is 0.111 e. The maximum absolute atomic E-state index is 3.41. The number of hydrogen-bond acceptors (Lipinski definition) is 1. The Balaban J connectivity index is 2.36. The van der Waals surface area contributed by atoms with Crippen molar-refractivity contribution in [2.24, 2.45) is 5.41 Å². The second-order valence-electron chi connectivity index (χ2n) is 3.62. The van der Waals surface area contributed by atoms with Crippen LogP contribution in [0.3, 0.4) is 0 Å². The van der Waals surface area contributed by atoms with Crippen LogP contribution in [0.2, 0.25) is 12.6 Å². The molecule has 51 valence electrons. The lowest BCUT2D eigenvalue weighted by atomic mass is 9.63. The van der Waals surface area contributed by atoms with Gasteiger partial charge < -0.3 is 5.32 Å². The van der Waals surface area contributed by atoms with E-state index < -0.39 is 0 Å². The topological polar surface area (TPSA) is 12.0 Å². The Labute approximate surface area is 58.5 Å². The van der Waals surface area contributed by atoms with E-state index in [-0.39, 0.29) is 0 Å². The molecule has 0 saturated carbocycles. The van der Waals surface area contributed by atoms with Gasteiger partial charge in [-0.15, -0.1) is 0 Å². The van der Waals surface area contributed by atoms with Gasteiger partial charge in [-0.2, -0.15) is 0 Å². The van der Waals surface area contributed by atoms with Crippen molar-refractivity contribution in [3.63, 3.8) is 0 Å². The first-order valence-corrected chi connectivity index (χ1v) is 3.73. The molecule has 0 aromatic heterocycles. The minimum atomic E-state index is 0.497. The molecule has 9 heavy (non-hydrogen) atoms. The summed E-state index contributed by atoms with van der Waals surface area (Å²) in [5.74, 6) is 0. The second kappa shape index (κ2) is 2.74. The van der Waals surface area contributed by atoms with Crippen LogP contribution in [-0.4, -0.2) is 20.4 Å². The van der Waals surface area contributed by atoms with Crippen LogP contribution < -0.4 is 5.32 Å². The van der Waals surface area contributed by atoms with Gasteiger partial charge in [-0.1, -0.05) is 26.5 Å². The summed E-state index contributed by atoms with van der Waals surface area (Å²) in [6.45, 7) is 6.95. The molecule has 1 rings (SSSR count). The van der Waals surface area contributed by atoms with Crippen molar-refractivity contribution in [3.8, 4) is 0 Å². The van der Waals surface area contributed by atoms with Gasteiger partial charge in [-0.05, 0) is 18.5 Å². The molecule has 1 N–H and O–H groups in total. The Morgan fingerprint density at radius 3 is 3.00 bits per heavy atom. The van der Waals surface area contributed by atoms with Gasteiger partial charge >= 0.3 is 0 Å². The Morgan fingerprint density at radius 1 is 1.44 bits per heavy atom. The van der Waals surface area contributed by atoms with Crippen LogP contribution in [0.25, 0.3) is 0 Å². The van der Waals surface area contributed by atoms with Crippen LogP contribution in [0.1, 0.15) is 13.8 Å². The highest BCUT2D eigenvalue weighted by Crippen LogP contribution is 2.21. The van der Waals surface area contributed by atoms with Gasteiger partial charge in [0.05, 0.1) is 0 Å². The molecule has 0 aromatic carbocycles. The molecular weight excluding hydrogens is 109 g/mol. The number of hydrogen-bond donors (Lipinski definition) is 1. The fourth-order valence-corrected chi connectivity index (χ4v) is 1.20. The van der Waals surface area contributed by atoms with Gasteiger partial charge in [0.25, 0.3) is 0 Å². The Hall–Kier alpha value is 0.0249. The molecule has 0 spiro atoms. The van der Waals surface area contributed by atoms with E-state index in [0.717, 1.165) is 0 Å². The fourth-order valence-electron chi connectivity index (χ4n) is 1.20. The summed E-state index contributed by atoms with van der Waals surface area (Å²) < 4.78 is 0. The Bertz CT molecular complexity index is 80.9. The zero-order chi connectivity index (χ0) is 6.74. The first-order valence-electron chi connectivity index (χ1n) is 3.73. The monoisotopic (exact) mass is 124 g/mol. The van der Waals surface area contributed by atoms with Crippen molar-refractivity contribution in [1.29, 1.82) is 0 Å². The van der Waals surface area contributed by atoms with E-state index in [0.29, 0.717) is 5.41 Å². The average Bonchev–Trinajstić information content (AvgIpc) is 1.92. The molecule has 0 unspecified atom stereocenters. The van der Waals surface area contributed by atoms with Gasteiger partial charge in [0, 0.05) is 0 Å². The van der Waals surface area contributed by atoms with Gasteiger partial charge in [0.2, 0.25) is 0 Å². The average molecular weight is 124 g/mol. The van der Waals surface area contributed by atoms with Gasteiger partial charge in [0.1, 0.15) is 7.28 Å². The van der Waals surface area contributed by atoms with E-state index in [1.807, 2.05) is 0 Å². The molecule has 0 aromatic rings. The third-order valence-corrected chi connectivity index (χ3v) is 1.83. The predicted molar refractivity (Wildman–Crippen MR) is 42.0 cm³/mol. The lowest BCUT2D eigenvalue weighted by Crippen LogP contribution is -2.26. The highest BCUT2D eigenvalue weighted by atomic mass is 14.9. The van der Waals surface area contributed by atoms with Crippen LogP contribution >= 0.6 is 0 Å². The molecule has 1 radical (unpaired) electrons. The maximum Gasteiger partial charge on any atom is 0.111 e. The summed E-state index contributed by atoms with van der Waals surface area (Å²) in [5, 5.41) is 3.41. The summed E-state index contributed by atoms with van der Waals surface area (Å²) >= 11 is 0. The largest absolute Gasteiger partial charge is 0.317 e. The van der Waals surface area contributed by atoms with Crippen LogP contribution in [0.15, 0.2) is 0 Å². The van der Waals surface area contributed by atoms with Crippen molar-refractivity contribution in [3.05, 3.63) is 0 Å². The molecule has 1 fully saturated rings. The van der Waals surface area contributed by atoms with Crippen LogP contribution in [0.4, 0.5) is 0 Å². The number of rotatable bonds is 0. The van der Waals surface area contributed by atoms with Crippen molar-refractivity contribution < 1.29 is 0 Å². The van der Waals surface area contributed by atoms with Crippen molar-refractivity contribution in [1.82, 2.24) is 5.32 Å². The SMILES string of the molecule is CC1(C)C[B]CCNC1. The Morgan fingerprint density at radius 2 is 2.22 bits per heavy atom. The molecule has 1 nitrogen and oxygen atoms in total. The van der Waals surface area contributed by atoms with E-state index >= 15 is 0 Å². The lowest BCUT2D eigenvalue weighted by molar-refractivity contribution is 0.392. The molecule has 2 heteroatoms. The highest BCUT2D eigenvalue weighted by Gasteiger charge is 2.18. The first-order chi connectivity index (χ1) is 4.21. The van der Waals surface area contributed by atoms with E-state index in [1.165, 1.54) is 25.7 Å². The maximum atomic E-state index is 3.41. The summed E-state index contributed by atoms with van der Waals surface area (Å²) in [5.41, 5.74) is 0.497. The zero-order valence-corrected chi connectivity index (χ0v) is 6.41. The molecule has 1 aliphatic rings. The molecule has 0 atom stereocenters. The number of nitrogens with one attached hydrogen (secondary N) is 1. The van der Waals surface area contributed by atoms with Crippen molar-refractivity contribution >= 4 is 7.28 Å². The van der Waals surface area contributed by atoms with Gasteiger partial charge in [0.15, 0.2) is 0 Å². The minimum absolute atomic E-state index is 0.497. The fraction of sp³-hybridized carbons (Fsp3) is 1.00. The normalized spacial score (nSPS) is 26.4. The van der Waals surface area contributed by atoms with Crippen molar-refractivity contribution in [2.75, 3.05) is 13.1 Å². The van der Waals surface area contributed by atoms with Gasteiger partial charge in [-0.3, -0.25) is 0 Å². The van der Waals surface area contributed by atoms with Crippen LogP contribution in [0, 0.1) is 5.41 Å². The quantitative estimate of drug-likeness (QED) is 0.477. The summed E-state index contributed by atoms with van der Waals surface area (Å²) in [4.78, 5) is 0. The summed E-state index contributed by atoms with van der Waals surface area (Å²) in [7, 11) is 2.39. The third-order valence-electron chi connectivity index (χ3n) is 1.83. The lowest BCUT2D eigenvalue weighted by Gasteiger charge is -2.21. The highest BCUT2D eigenvalue weighted by molar-refractivity contribution is 6.35. The molecule has 1 saturated heterocycles. The molecule has 0 aliphatic carbocycles. The van der Waals surface area contributed by atoms with Crippen molar-refractivity contribution in [2.45, 2.75) is 26.5 Å². The van der Waals surface area contributed by atoms with Gasteiger partial charge in [-0.25, -0.2) is 0 Å². The predicted octanol–water partition coefficient (Wildman–Crippen LogP) is 1.16. The van der Waals surface area contributed by atoms with E-state index in [1.54, 1.807) is 0 Å². The Kier molecular flexibility index (Phi) is 2.17. The standard InChI is InChI=1S/C7H15BN/c1-7(2)5-8-3-4-9-6-7/h9H,3-6H2,1-2H3. The molecule has 1 heterocycles. The molecule has 1 aliphatic heterocycles. The summed E-state index contributed by atoms with van der Waals surface area (Å²) in [6, 6.07) is 0. The van der Waals surface area contributed by atoms with E-state index in [9.17, 15) is 0 Å². The first kappa shape index (κ1) is 7.14. The second-order valence-corrected chi connectivity index (χ2v) is 3.62. The third kappa shape index (κ3) is 2.40. The summed E-state index contributed by atoms with van der Waals surface area (Å²) in [6.07, 6.45) is 2.50. The molecule has 0 bridgehead atoms. The molecular formula is C7H15BN. The van der Waals surface area contributed by atoms with E-state index in [4.69, 9.17) is 0 Å². The van der Waals surface area contributed by atoms with Crippen LogP contribution in [-0.2, 0) is 0 Å². The molecule has 0 amide bonds. The van der Waals surface area contributed by atoms with E-state index in [2.05, 4.69) is 26.4 Å². The van der Waals surface area contributed by atoms with Crippen LogP contribution in [0.5, 0.6) is 0 Å². The minimum Gasteiger partial charge on any atom is -0.317 e. The zero-order valence-electron chi connectivity index (χ0n) is 6.41.